The maximum absolute atomic E-state index is 4.80. The Bertz CT molecular complexity index is 873. The van der Waals surface area contributed by atoms with Gasteiger partial charge in [0.15, 0.2) is 0 Å². The van der Waals surface area contributed by atoms with Crippen molar-refractivity contribution in [3.8, 4) is 0 Å². The number of nitrogens with one attached hydrogen (secondary N) is 2. The normalized spacial score (nSPS) is 18.3. The average Bonchev–Trinajstić information content (AvgIpc) is 3.57. The lowest BCUT2D eigenvalue weighted by molar-refractivity contribution is 0.316. The van der Waals surface area contributed by atoms with Crippen LogP contribution < -0.4 is 10.6 Å². The zero-order valence-corrected chi connectivity index (χ0v) is 23.0. The lowest BCUT2D eigenvalue weighted by atomic mass is 10.0. The van der Waals surface area contributed by atoms with Crippen LogP contribution in [0, 0.1) is 0 Å². The number of benzene rings is 1. The number of hydrogen-bond donors (Lipinski definition) is 2. The molecule has 1 unspecified atom stereocenters. The van der Waals surface area contributed by atoms with E-state index in [1.54, 1.807) is 11.3 Å². The van der Waals surface area contributed by atoms with Gasteiger partial charge in [0.2, 0.25) is 0 Å². The Morgan fingerprint density at radius 3 is 2.26 bits per heavy atom. The summed E-state index contributed by atoms with van der Waals surface area (Å²) in [7, 11) is 4.09. The molecule has 1 saturated heterocycles. The summed E-state index contributed by atoms with van der Waals surface area (Å²) in [5.74, 6) is 0. The van der Waals surface area contributed by atoms with E-state index in [1.165, 1.54) is 62.9 Å². The zero-order valence-electron chi connectivity index (χ0n) is 22.2. The van der Waals surface area contributed by atoms with Crippen LogP contribution in [0.5, 0.6) is 0 Å². The number of hydrogen-bond acceptors (Lipinski definition) is 5. The number of nitrogens with zero attached hydrogens (tertiary/aromatic N) is 2. The van der Waals surface area contributed by atoms with Gasteiger partial charge in [0.1, 0.15) is 5.01 Å². The summed E-state index contributed by atoms with van der Waals surface area (Å²) in [5.41, 5.74) is 4.19. The molecule has 1 aromatic carbocycles. The SMILES string of the molecule is C1CCCCC1.C=C(c1ccccc1)c1csc([C@@H]2CCCN2C)n1.C=CCNC(=C)C(C)NC. The first-order chi connectivity index (χ1) is 17.0. The minimum absolute atomic E-state index is 0.319. The average molecular weight is 495 g/mol. The van der Waals surface area contributed by atoms with Crippen molar-refractivity contribution >= 4 is 16.9 Å². The number of thiazole rings is 1. The van der Waals surface area contributed by atoms with Gasteiger partial charge < -0.3 is 10.6 Å². The molecule has 1 aliphatic heterocycles. The summed E-state index contributed by atoms with van der Waals surface area (Å²) in [6, 6.07) is 11.1. The molecule has 1 saturated carbocycles. The number of aromatic nitrogens is 1. The van der Waals surface area contributed by atoms with Gasteiger partial charge in [-0.25, -0.2) is 4.98 Å². The number of likely N-dealkylation sites (N-methyl/N-ethyl adjacent to an activating group) is 1. The van der Waals surface area contributed by atoms with E-state index in [4.69, 9.17) is 4.98 Å². The quantitative estimate of drug-likeness (QED) is 0.381. The summed E-state index contributed by atoms with van der Waals surface area (Å²) in [6.45, 7) is 15.6. The standard InChI is InChI=1S/C16H18N2S.C8H16N2.C6H12/c1-12(13-7-4-3-5-8-13)14-11-19-16(17-14)15-9-6-10-18(15)2;1-5-6-10-8(3)7(2)9-4;1-2-4-6-5-3-1/h3-5,7-8,11,15H,1,6,9-10H2,2H3;5,7,9-10H,1,3,6H2,2,4H3;1-6H2/t15-;;/m0../s1. The Morgan fingerprint density at radius 1 is 1.11 bits per heavy atom. The highest BCUT2D eigenvalue weighted by Crippen LogP contribution is 2.34. The van der Waals surface area contributed by atoms with Crippen LogP contribution in [-0.4, -0.2) is 43.1 Å². The minimum atomic E-state index is 0.319. The lowest BCUT2D eigenvalue weighted by Gasteiger charge is -2.16. The lowest BCUT2D eigenvalue weighted by Crippen LogP contribution is -2.30. The largest absolute Gasteiger partial charge is 0.384 e. The molecule has 35 heavy (non-hydrogen) atoms. The molecule has 2 N–H and O–H groups in total. The molecule has 5 heteroatoms. The third-order valence-corrected chi connectivity index (χ3v) is 7.63. The number of likely N-dealkylation sites (tertiary alicyclic amines) is 1. The van der Waals surface area contributed by atoms with Crippen molar-refractivity contribution in [3.05, 3.63) is 83.5 Å². The molecule has 2 atom stereocenters. The van der Waals surface area contributed by atoms with Crippen LogP contribution >= 0.6 is 11.3 Å². The van der Waals surface area contributed by atoms with Crippen molar-refractivity contribution in [2.75, 3.05) is 27.2 Å². The summed E-state index contributed by atoms with van der Waals surface area (Å²) in [6.07, 6.45) is 13.3. The van der Waals surface area contributed by atoms with Crippen LogP contribution in [0.2, 0.25) is 0 Å². The monoisotopic (exact) mass is 494 g/mol. The molecule has 192 valence electrons. The van der Waals surface area contributed by atoms with Crippen molar-refractivity contribution in [2.24, 2.45) is 0 Å². The molecule has 4 nitrogen and oxygen atoms in total. The van der Waals surface area contributed by atoms with Crippen molar-refractivity contribution < 1.29 is 0 Å². The van der Waals surface area contributed by atoms with E-state index < -0.39 is 0 Å². The third-order valence-electron chi connectivity index (χ3n) is 6.69. The fourth-order valence-electron chi connectivity index (χ4n) is 4.18. The van der Waals surface area contributed by atoms with Crippen LogP contribution in [0.15, 0.2) is 67.2 Å². The Labute approximate surface area is 218 Å². The van der Waals surface area contributed by atoms with E-state index >= 15 is 0 Å². The Hall–Kier alpha value is -2.21. The fraction of sp³-hybridized carbons (Fsp3) is 0.500. The summed E-state index contributed by atoms with van der Waals surface area (Å²) >= 11 is 1.76. The molecule has 0 radical (unpaired) electrons. The maximum Gasteiger partial charge on any atom is 0.110 e. The second-order valence-electron chi connectivity index (χ2n) is 9.38. The van der Waals surface area contributed by atoms with Crippen LogP contribution in [0.3, 0.4) is 0 Å². The van der Waals surface area contributed by atoms with Gasteiger partial charge in [-0.05, 0) is 46.0 Å². The third kappa shape index (κ3) is 10.1. The van der Waals surface area contributed by atoms with Gasteiger partial charge in [0, 0.05) is 29.2 Å². The molecule has 2 aliphatic rings. The highest BCUT2D eigenvalue weighted by Gasteiger charge is 2.25. The highest BCUT2D eigenvalue weighted by molar-refractivity contribution is 7.09. The van der Waals surface area contributed by atoms with Crippen LogP contribution in [0.1, 0.15) is 80.6 Å². The molecular formula is C30H46N4S. The predicted molar refractivity (Wildman–Crippen MR) is 155 cm³/mol. The summed E-state index contributed by atoms with van der Waals surface area (Å²) < 4.78 is 0. The molecule has 4 rings (SSSR count). The van der Waals surface area contributed by atoms with Crippen molar-refractivity contribution in [1.29, 1.82) is 0 Å². The van der Waals surface area contributed by atoms with Gasteiger partial charge in [-0.15, -0.1) is 17.9 Å². The maximum atomic E-state index is 4.80. The molecule has 2 heterocycles. The van der Waals surface area contributed by atoms with Gasteiger partial charge in [-0.1, -0.05) is 88.1 Å². The summed E-state index contributed by atoms with van der Waals surface area (Å²) in [5, 5.41) is 9.55. The van der Waals surface area contributed by atoms with Gasteiger partial charge in [0.05, 0.1) is 11.7 Å². The smallest absolute Gasteiger partial charge is 0.110 e. The minimum Gasteiger partial charge on any atom is -0.384 e. The molecule has 0 spiro atoms. The van der Waals surface area contributed by atoms with E-state index in [2.05, 4.69) is 66.8 Å². The Morgan fingerprint density at radius 2 is 1.74 bits per heavy atom. The van der Waals surface area contributed by atoms with Crippen molar-refractivity contribution in [3.63, 3.8) is 0 Å². The molecule has 2 aromatic rings. The van der Waals surface area contributed by atoms with Gasteiger partial charge in [-0.3, -0.25) is 4.90 Å². The van der Waals surface area contributed by atoms with E-state index in [0.29, 0.717) is 12.1 Å². The first-order valence-electron chi connectivity index (χ1n) is 13.1. The second kappa shape index (κ2) is 16.5. The molecular weight excluding hydrogens is 448 g/mol. The van der Waals surface area contributed by atoms with Gasteiger partial charge in [0.25, 0.3) is 0 Å². The van der Waals surface area contributed by atoms with Crippen LogP contribution in [0.25, 0.3) is 5.57 Å². The molecule has 2 fully saturated rings. The van der Waals surface area contributed by atoms with Crippen molar-refractivity contribution in [2.45, 2.75) is 70.4 Å². The van der Waals surface area contributed by atoms with E-state index in [1.807, 2.05) is 31.3 Å². The topological polar surface area (TPSA) is 40.2 Å². The van der Waals surface area contributed by atoms with E-state index in [0.717, 1.165) is 29.1 Å². The van der Waals surface area contributed by atoms with Gasteiger partial charge in [-0.2, -0.15) is 0 Å². The predicted octanol–water partition coefficient (Wildman–Crippen LogP) is 7.20. The first kappa shape index (κ1) is 29.0. The molecule has 1 aliphatic carbocycles. The summed E-state index contributed by atoms with van der Waals surface area (Å²) in [4.78, 5) is 7.19. The van der Waals surface area contributed by atoms with Crippen molar-refractivity contribution in [1.82, 2.24) is 20.5 Å². The molecule has 0 bridgehead atoms. The van der Waals surface area contributed by atoms with Gasteiger partial charge >= 0.3 is 0 Å². The highest BCUT2D eigenvalue weighted by atomic mass is 32.1. The number of rotatable bonds is 8. The fourth-order valence-corrected chi connectivity index (χ4v) is 5.21. The van der Waals surface area contributed by atoms with Crippen LogP contribution in [0.4, 0.5) is 0 Å². The van der Waals surface area contributed by atoms with E-state index in [-0.39, 0.29) is 0 Å². The second-order valence-corrected chi connectivity index (χ2v) is 10.3. The molecule has 1 aromatic heterocycles. The molecule has 0 amide bonds. The Kier molecular flexibility index (Phi) is 13.6. The zero-order chi connectivity index (χ0) is 25.5. The first-order valence-corrected chi connectivity index (χ1v) is 14.0. The van der Waals surface area contributed by atoms with E-state index in [9.17, 15) is 0 Å². The Balaban J connectivity index is 0.000000226. The van der Waals surface area contributed by atoms with Crippen LogP contribution in [-0.2, 0) is 0 Å².